The van der Waals surface area contributed by atoms with Gasteiger partial charge in [-0.05, 0) is 35.9 Å². The van der Waals surface area contributed by atoms with Gasteiger partial charge in [-0.2, -0.15) is 0 Å². The van der Waals surface area contributed by atoms with Gasteiger partial charge in [0.2, 0.25) is 5.91 Å². The quantitative estimate of drug-likeness (QED) is 0.789. The van der Waals surface area contributed by atoms with Crippen molar-refractivity contribution in [1.29, 1.82) is 0 Å². The maximum atomic E-state index is 13.2. The molecule has 0 fully saturated rings. The Morgan fingerprint density at radius 1 is 1.19 bits per heavy atom. The molecule has 0 bridgehead atoms. The Bertz CT molecular complexity index is 644. The van der Waals surface area contributed by atoms with Crippen molar-refractivity contribution < 1.29 is 14.3 Å². The van der Waals surface area contributed by atoms with Crippen LogP contribution in [0.25, 0.3) is 0 Å². The highest BCUT2D eigenvalue weighted by atomic mass is 19.1. The molecule has 2 aromatic carbocycles. The Hall–Kier alpha value is -2.56. The number of hydrogen-bond acceptors (Lipinski definition) is 3. The van der Waals surface area contributed by atoms with Gasteiger partial charge in [0, 0.05) is 24.3 Å². The zero-order chi connectivity index (χ0) is 15.2. The van der Waals surface area contributed by atoms with Gasteiger partial charge in [-0.25, -0.2) is 4.39 Å². The lowest BCUT2D eigenvalue weighted by Crippen LogP contribution is -2.09. The minimum absolute atomic E-state index is 0.0484. The molecule has 0 saturated carbocycles. The van der Waals surface area contributed by atoms with E-state index in [9.17, 15) is 9.18 Å². The summed E-state index contributed by atoms with van der Waals surface area (Å²) >= 11 is 0. The predicted molar refractivity (Wildman–Crippen MR) is 80.8 cm³/mol. The minimum Gasteiger partial charge on any atom is -0.505 e. The molecule has 0 heterocycles. The average molecular weight is 288 g/mol. The van der Waals surface area contributed by atoms with E-state index in [1.165, 1.54) is 12.1 Å². The smallest absolute Gasteiger partial charge is 0.224 e. The van der Waals surface area contributed by atoms with Crippen LogP contribution in [0.5, 0.6) is 5.75 Å². The fourth-order valence-electron chi connectivity index (χ4n) is 1.82. The molecule has 110 valence electrons. The minimum atomic E-state index is -0.641. The summed E-state index contributed by atoms with van der Waals surface area (Å²) in [4.78, 5) is 11.3. The fraction of sp³-hybridized carbons (Fsp3) is 0.188. The van der Waals surface area contributed by atoms with Crippen molar-refractivity contribution in [1.82, 2.24) is 0 Å². The van der Waals surface area contributed by atoms with Gasteiger partial charge in [0.15, 0.2) is 11.6 Å². The van der Waals surface area contributed by atoms with E-state index in [1.54, 1.807) is 19.1 Å². The van der Waals surface area contributed by atoms with E-state index in [2.05, 4.69) is 10.6 Å². The molecule has 0 spiro atoms. The number of benzene rings is 2. The van der Waals surface area contributed by atoms with Gasteiger partial charge in [0.05, 0.1) is 0 Å². The van der Waals surface area contributed by atoms with Crippen molar-refractivity contribution in [3.05, 3.63) is 53.8 Å². The molecular weight excluding hydrogens is 271 g/mol. The molecule has 0 saturated heterocycles. The molecule has 2 rings (SSSR count). The number of carbonyl (C=O) groups is 1. The van der Waals surface area contributed by atoms with Crippen LogP contribution in [-0.4, -0.2) is 11.0 Å². The second kappa shape index (κ2) is 6.74. The molecule has 0 unspecified atom stereocenters. The monoisotopic (exact) mass is 288 g/mol. The summed E-state index contributed by atoms with van der Waals surface area (Å²) in [7, 11) is 0. The van der Waals surface area contributed by atoms with E-state index >= 15 is 0 Å². The molecule has 0 aromatic heterocycles. The normalized spacial score (nSPS) is 10.2. The number of nitrogens with one attached hydrogen (secondary N) is 2. The molecule has 0 atom stereocenters. The summed E-state index contributed by atoms with van der Waals surface area (Å²) in [5.74, 6) is -1.05. The maximum absolute atomic E-state index is 13.2. The summed E-state index contributed by atoms with van der Waals surface area (Å²) in [5, 5.41) is 15.1. The third-order valence-corrected chi connectivity index (χ3v) is 2.98. The van der Waals surface area contributed by atoms with Gasteiger partial charge in [0.25, 0.3) is 0 Å². The molecule has 1 amide bonds. The largest absolute Gasteiger partial charge is 0.505 e. The highest BCUT2D eigenvalue weighted by Gasteiger charge is 2.03. The Kier molecular flexibility index (Phi) is 4.77. The lowest BCUT2D eigenvalue weighted by Gasteiger charge is -2.09. The van der Waals surface area contributed by atoms with E-state index < -0.39 is 5.82 Å². The van der Waals surface area contributed by atoms with Crippen molar-refractivity contribution in [2.75, 3.05) is 10.6 Å². The molecule has 0 aliphatic rings. The molecule has 2 aromatic rings. The third-order valence-electron chi connectivity index (χ3n) is 2.98. The van der Waals surface area contributed by atoms with Crippen LogP contribution in [0.15, 0.2) is 42.5 Å². The number of anilines is 2. The Morgan fingerprint density at radius 3 is 2.67 bits per heavy atom. The number of halogens is 1. The van der Waals surface area contributed by atoms with Crippen LogP contribution in [0.1, 0.15) is 18.9 Å². The first kappa shape index (κ1) is 14.8. The van der Waals surface area contributed by atoms with Crippen molar-refractivity contribution in [3.8, 4) is 5.75 Å². The number of hydrogen-bond donors (Lipinski definition) is 3. The van der Waals surface area contributed by atoms with Crippen LogP contribution < -0.4 is 10.6 Å². The van der Waals surface area contributed by atoms with E-state index in [1.807, 2.05) is 18.2 Å². The van der Waals surface area contributed by atoms with Crippen LogP contribution >= 0.6 is 0 Å². The molecule has 5 heteroatoms. The molecule has 0 aliphatic heterocycles. The number of amides is 1. The van der Waals surface area contributed by atoms with Crippen molar-refractivity contribution in [2.24, 2.45) is 0 Å². The molecular formula is C16H17FN2O2. The first-order valence-corrected chi connectivity index (χ1v) is 6.69. The zero-order valence-corrected chi connectivity index (χ0v) is 11.7. The Labute approximate surface area is 122 Å². The summed E-state index contributed by atoms with van der Waals surface area (Å²) in [5.41, 5.74) is 2.24. The molecule has 3 N–H and O–H groups in total. The molecule has 4 nitrogen and oxygen atoms in total. The van der Waals surface area contributed by atoms with E-state index in [-0.39, 0.29) is 11.7 Å². The average Bonchev–Trinajstić information content (AvgIpc) is 2.49. The maximum Gasteiger partial charge on any atom is 0.224 e. The number of carbonyl (C=O) groups excluding carboxylic acids is 1. The molecule has 0 aliphatic carbocycles. The van der Waals surface area contributed by atoms with Crippen LogP contribution in [0.4, 0.5) is 15.8 Å². The fourth-order valence-corrected chi connectivity index (χ4v) is 1.82. The lowest BCUT2D eigenvalue weighted by molar-refractivity contribution is -0.115. The second-order valence-electron chi connectivity index (χ2n) is 4.62. The third kappa shape index (κ3) is 4.21. The first-order valence-electron chi connectivity index (χ1n) is 6.69. The lowest BCUT2D eigenvalue weighted by atomic mass is 10.2. The Morgan fingerprint density at radius 2 is 1.95 bits per heavy atom. The van der Waals surface area contributed by atoms with E-state index in [0.29, 0.717) is 24.2 Å². The second-order valence-corrected chi connectivity index (χ2v) is 4.62. The standard InChI is InChI=1S/C16H17FN2O2/c1-2-16(21)19-13-5-3-4-12(9-13)18-10-11-6-7-15(20)14(17)8-11/h3-9,18,20H,2,10H2,1H3,(H,19,21). The zero-order valence-electron chi connectivity index (χ0n) is 11.7. The molecule has 21 heavy (non-hydrogen) atoms. The van der Waals surface area contributed by atoms with Crippen molar-refractivity contribution in [2.45, 2.75) is 19.9 Å². The first-order chi connectivity index (χ1) is 10.1. The number of aromatic hydroxyl groups is 1. The van der Waals surface area contributed by atoms with Gasteiger partial charge >= 0.3 is 0 Å². The van der Waals surface area contributed by atoms with E-state index in [0.717, 1.165) is 5.69 Å². The summed E-state index contributed by atoms with van der Waals surface area (Å²) in [6.45, 7) is 2.21. The highest BCUT2D eigenvalue weighted by molar-refractivity contribution is 5.90. The predicted octanol–water partition coefficient (Wildman–Crippen LogP) is 3.49. The van der Waals surface area contributed by atoms with Crippen LogP contribution in [0.3, 0.4) is 0 Å². The van der Waals surface area contributed by atoms with Gasteiger partial charge < -0.3 is 15.7 Å². The summed E-state index contributed by atoms with van der Waals surface area (Å²) < 4.78 is 13.2. The number of phenols is 1. The van der Waals surface area contributed by atoms with Crippen LogP contribution in [-0.2, 0) is 11.3 Å². The van der Waals surface area contributed by atoms with Gasteiger partial charge in [0.1, 0.15) is 0 Å². The van der Waals surface area contributed by atoms with Crippen molar-refractivity contribution in [3.63, 3.8) is 0 Å². The van der Waals surface area contributed by atoms with Gasteiger partial charge in [-0.1, -0.05) is 19.1 Å². The number of rotatable bonds is 5. The van der Waals surface area contributed by atoms with Crippen LogP contribution in [0.2, 0.25) is 0 Å². The number of phenolic OH excluding ortho intramolecular Hbond substituents is 1. The molecule has 0 radical (unpaired) electrons. The van der Waals surface area contributed by atoms with Crippen LogP contribution in [0, 0.1) is 5.82 Å². The summed E-state index contributed by atoms with van der Waals surface area (Å²) in [6.07, 6.45) is 0.421. The Balaban J connectivity index is 2.01. The van der Waals surface area contributed by atoms with Gasteiger partial charge in [-0.3, -0.25) is 4.79 Å². The van der Waals surface area contributed by atoms with Crippen molar-refractivity contribution >= 4 is 17.3 Å². The highest BCUT2D eigenvalue weighted by Crippen LogP contribution is 2.19. The van der Waals surface area contributed by atoms with Gasteiger partial charge in [-0.15, -0.1) is 0 Å². The van der Waals surface area contributed by atoms with E-state index in [4.69, 9.17) is 5.11 Å². The topological polar surface area (TPSA) is 61.4 Å². The summed E-state index contributed by atoms with van der Waals surface area (Å²) in [6, 6.07) is 11.6. The SMILES string of the molecule is CCC(=O)Nc1cccc(NCc2ccc(O)c(F)c2)c1.